The number of rotatable bonds is 8. The van der Waals surface area contributed by atoms with Crippen molar-refractivity contribution in [2.45, 2.75) is 38.6 Å². The third-order valence-corrected chi connectivity index (χ3v) is 5.66. The number of carbonyl (C=O) groups is 1. The van der Waals surface area contributed by atoms with E-state index in [2.05, 4.69) is 16.3 Å². The number of methoxy groups -OCH3 is 2. The van der Waals surface area contributed by atoms with Crippen LogP contribution < -0.4 is 14.8 Å². The average Bonchev–Trinajstić information content (AvgIpc) is 2.76. The number of nitrogens with zero attached hydrogens (tertiary/aromatic N) is 1. The van der Waals surface area contributed by atoms with Crippen LogP contribution in [-0.2, 0) is 11.2 Å². The van der Waals surface area contributed by atoms with E-state index in [0.29, 0.717) is 13.0 Å². The zero-order chi connectivity index (χ0) is 20.6. The Morgan fingerprint density at radius 3 is 2.48 bits per heavy atom. The monoisotopic (exact) mass is 396 g/mol. The Morgan fingerprint density at radius 1 is 1.03 bits per heavy atom. The summed E-state index contributed by atoms with van der Waals surface area (Å²) in [6.45, 7) is 4.67. The Labute approximate surface area is 174 Å². The van der Waals surface area contributed by atoms with Crippen LogP contribution in [0.2, 0.25) is 0 Å². The Bertz CT molecular complexity index is 816. The highest BCUT2D eigenvalue weighted by atomic mass is 16.5. The Hall–Kier alpha value is -2.53. The highest BCUT2D eigenvalue weighted by Crippen LogP contribution is 2.31. The van der Waals surface area contributed by atoms with Crippen molar-refractivity contribution in [1.29, 1.82) is 0 Å². The SMILES string of the molecule is COc1cc(CC(=O)NCC(c2ccccc2OC)N2CCCCC2)ccc1C. The summed E-state index contributed by atoms with van der Waals surface area (Å²) in [6, 6.07) is 14.2. The van der Waals surface area contributed by atoms with Gasteiger partial charge in [0.25, 0.3) is 0 Å². The normalized spacial score (nSPS) is 15.6. The van der Waals surface area contributed by atoms with Crippen LogP contribution >= 0.6 is 0 Å². The zero-order valence-electron chi connectivity index (χ0n) is 17.7. The summed E-state index contributed by atoms with van der Waals surface area (Å²) in [6.07, 6.45) is 4.01. The molecule has 0 bridgehead atoms. The van der Waals surface area contributed by atoms with Gasteiger partial charge in [0, 0.05) is 12.1 Å². The lowest BCUT2D eigenvalue weighted by molar-refractivity contribution is -0.120. The van der Waals surface area contributed by atoms with Gasteiger partial charge >= 0.3 is 0 Å². The van der Waals surface area contributed by atoms with E-state index in [4.69, 9.17) is 9.47 Å². The van der Waals surface area contributed by atoms with Gasteiger partial charge in [-0.2, -0.15) is 0 Å². The molecule has 0 aromatic heterocycles. The molecule has 0 aliphatic carbocycles. The molecule has 1 amide bonds. The van der Waals surface area contributed by atoms with Crippen LogP contribution in [-0.4, -0.2) is 44.7 Å². The van der Waals surface area contributed by atoms with Crippen LogP contribution in [0.25, 0.3) is 0 Å². The summed E-state index contributed by atoms with van der Waals surface area (Å²) >= 11 is 0. The van der Waals surface area contributed by atoms with E-state index >= 15 is 0 Å². The largest absolute Gasteiger partial charge is 0.496 e. The van der Waals surface area contributed by atoms with E-state index in [9.17, 15) is 4.79 Å². The lowest BCUT2D eigenvalue weighted by atomic mass is 10.0. The molecule has 1 aliphatic heterocycles. The van der Waals surface area contributed by atoms with Crippen LogP contribution in [0.15, 0.2) is 42.5 Å². The molecule has 29 heavy (non-hydrogen) atoms. The number of ether oxygens (including phenoxy) is 2. The van der Waals surface area contributed by atoms with Crippen LogP contribution in [0.3, 0.4) is 0 Å². The van der Waals surface area contributed by atoms with Crippen LogP contribution in [0.4, 0.5) is 0 Å². The van der Waals surface area contributed by atoms with E-state index in [1.54, 1.807) is 14.2 Å². The second kappa shape index (κ2) is 10.3. The molecule has 1 aliphatic rings. The van der Waals surface area contributed by atoms with Gasteiger partial charge in [0.2, 0.25) is 5.91 Å². The van der Waals surface area contributed by atoms with E-state index in [0.717, 1.165) is 41.3 Å². The number of carbonyl (C=O) groups excluding carboxylic acids is 1. The van der Waals surface area contributed by atoms with Gasteiger partial charge in [-0.25, -0.2) is 0 Å². The minimum atomic E-state index is 0.0211. The van der Waals surface area contributed by atoms with Crippen molar-refractivity contribution in [3.63, 3.8) is 0 Å². The van der Waals surface area contributed by atoms with Crippen molar-refractivity contribution in [3.8, 4) is 11.5 Å². The van der Waals surface area contributed by atoms with Gasteiger partial charge in [-0.3, -0.25) is 9.69 Å². The maximum atomic E-state index is 12.7. The van der Waals surface area contributed by atoms with Gasteiger partial charge in [-0.05, 0) is 56.1 Å². The molecule has 5 nitrogen and oxygen atoms in total. The van der Waals surface area contributed by atoms with E-state index in [-0.39, 0.29) is 11.9 Å². The molecule has 1 N–H and O–H groups in total. The maximum Gasteiger partial charge on any atom is 0.224 e. The smallest absolute Gasteiger partial charge is 0.224 e. The Balaban J connectivity index is 1.70. The standard InChI is InChI=1S/C24H32N2O3/c1-18-11-12-19(15-23(18)29-3)16-24(27)25-17-21(26-13-7-4-8-14-26)20-9-5-6-10-22(20)28-2/h5-6,9-12,15,21H,4,7-8,13-14,16-17H2,1-3H3,(H,25,27). The van der Waals surface area contributed by atoms with Crippen molar-refractivity contribution >= 4 is 5.91 Å². The number of piperidine rings is 1. The summed E-state index contributed by atoms with van der Waals surface area (Å²) in [5.41, 5.74) is 3.16. The first-order valence-corrected chi connectivity index (χ1v) is 10.4. The van der Waals surface area contributed by atoms with E-state index in [1.165, 1.54) is 19.3 Å². The van der Waals surface area contributed by atoms with Gasteiger partial charge in [0.05, 0.1) is 26.7 Å². The van der Waals surface area contributed by atoms with Gasteiger partial charge in [0.1, 0.15) is 11.5 Å². The predicted molar refractivity (Wildman–Crippen MR) is 116 cm³/mol. The number of amides is 1. The molecule has 156 valence electrons. The van der Waals surface area contributed by atoms with Crippen LogP contribution in [0.1, 0.15) is 42.0 Å². The topological polar surface area (TPSA) is 50.8 Å². The summed E-state index contributed by atoms with van der Waals surface area (Å²) in [4.78, 5) is 15.1. The number of benzene rings is 2. The summed E-state index contributed by atoms with van der Waals surface area (Å²) in [5.74, 6) is 1.71. The zero-order valence-corrected chi connectivity index (χ0v) is 17.7. The van der Waals surface area contributed by atoms with Crippen molar-refractivity contribution < 1.29 is 14.3 Å². The quantitative estimate of drug-likeness (QED) is 0.735. The molecule has 1 fully saturated rings. The number of hydrogen-bond acceptors (Lipinski definition) is 4. The summed E-state index contributed by atoms with van der Waals surface area (Å²) < 4.78 is 11.0. The molecule has 1 heterocycles. The maximum absolute atomic E-state index is 12.7. The van der Waals surface area contributed by atoms with Crippen LogP contribution in [0.5, 0.6) is 11.5 Å². The molecule has 1 atom stereocenters. The molecular formula is C24H32N2O3. The molecule has 0 radical (unpaired) electrons. The summed E-state index contributed by atoms with van der Waals surface area (Å²) in [5, 5.41) is 3.15. The van der Waals surface area contributed by atoms with Crippen molar-refractivity contribution in [1.82, 2.24) is 10.2 Å². The molecule has 2 aromatic carbocycles. The van der Waals surface area contributed by atoms with Crippen molar-refractivity contribution in [2.24, 2.45) is 0 Å². The number of likely N-dealkylation sites (tertiary alicyclic amines) is 1. The Kier molecular flexibility index (Phi) is 7.53. The first kappa shape index (κ1) is 21.2. The molecule has 5 heteroatoms. The van der Waals surface area contributed by atoms with Gasteiger partial charge in [-0.1, -0.05) is 36.8 Å². The lowest BCUT2D eigenvalue weighted by Gasteiger charge is -2.35. The summed E-state index contributed by atoms with van der Waals surface area (Å²) in [7, 11) is 3.36. The fourth-order valence-electron chi connectivity index (χ4n) is 4.04. The second-order valence-electron chi connectivity index (χ2n) is 7.64. The predicted octanol–water partition coefficient (Wildman–Crippen LogP) is 3.90. The molecule has 1 unspecified atom stereocenters. The highest BCUT2D eigenvalue weighted by Gasteiger charge is 2.25. The third-order valence-electron chi connectivity index (χ3n) is 5.66. The molecule has 0 spiro atoms. The fraction of sp³-hybridized carbons (Fsp3) is 0.458. The van der Waals surface area contributed by atoms with Crippen molar-refractivity contribution in [2.75, 3.05) is 33.9 Å². The number of aryl methyl sites for hydroxylation is 1. The molecule has 2 aromatic rings. The minimum absolute atomic E-state index is 0.0211. The first-order chi connectivity index (χ1) is 14.1. The van der Waals surface area contributed by atoms with E-state index in [1.807, 2.05) is 43.3 Å². The second-order valence-corrected chi connectivity index (χ2v) is 7.64. The minimum Gasteiger partial charge on any atom is -0.496 e. The average molecular weight is 397 g/mol. The van der Waals surface area contributed by atoms with Crippen LogP contribution in [0, 0.1) is 6.92 Å². The van der Waals surface area contributed by atoms with Gasteiger partial charge in [-0.15, -0.1) is 0 Å². The Morgan fingerprint density at radius 2 is 1.76 bits per heavy atom. The fourth-order valence-corrected chi connectivity index (χ4v) is 4.04. The van der Waals surface area contributed by atoms with Gasteiger partial charge in [0.15, 0.2) is 0 Å². The first-order valence-electron chi connectivity index (χ1n) is 10.4. The van der Waals surface area contributed by atoms with E-state index < -0.39 is 0 Å². The molecular weight excluding hydrogens is 364 g/mol. The number of para-hydroxylation sites is 1. The van der Waals surface area contributed by atoms with Gasteiger partial charge < -0.3 is 14.8 Å². The lowest BCUT2D eigenvalue weighted by Crippen LogP contribution is -2.41. The number of hydrogen-bond donors (Lipinski definition) is 1. The van der Waals surface area contributed by atoms with Crippen molar-refractivity contribution in [3.05, 3.63) is 59.2 Å². The molecule has 3 rings (SSSR count). The highest BCUT2D eigenvalue weighted by molar-refractivity contribution is 5.78. The molecule has 0 saturated carbocycles. The third kappa shape index (κ3) is 5.51. The molecule has 1 saturated heterocycles. The number of nitrogens with one attached hydrogen (secondary N) is 1.